The number of ether oxygens (including phenoxy) is 2. The fourth-order valence-electron chi connectivity index (χ4n) is 7.59. The monoisotopic (exact) mass is 854 g/mol. The van der Waals surface area contributed by atoms with E-state index >= 15 is 0 Å². The number of unbranched alkanes of at least 4 members (excludes halogenated alkanes) is 22. The molecule has 1 aliphatic rings. The second-order valence-electron chi connectivity index (χ2n) is 17.2. The molecule has 0 saturated carbocycles. The number of allylic oxidation sites excluding steroid dienone is 6. The highest BCUT2D eigenvalue weighted by atomic mass is 16.7. The van der Waals surface area contributed by atoms with Gasteiger partial charge in [-0.2, -0.15) is 0 Å². The molecular formula is C49H91NO10. The van der Waals surface area contributed by atoms with Gasteiger partial charge in [-0.3, -0.25) is 4.79 Å². The van der Waals surface area contributed by atoms with E-state index in [1.807, 2.05) is 0 Å². The van der Waals surface area contributed by atoms with Crippen molar-refractivity contribution >= 4 is 5.91 Å². The van der Waals surface area contributed by atoms with Crippen LogP contribution in [0.5, 0.6) is 0 Å². The third-order valence-corrected chi connectivity index (χ3v) is 11.7. The smallest absolute Gasteiger partial charge is 0.249 e. The van der Waals surface area contributed by atoms with Crippen LogP contribution >= 0.6 is 0 Å². The van der Waals surface area contributed by atoms with Crippen molar-refractivity contribution in [3.63, 3.8) is 0 Å². The Kier molecular flexibility index (Phi) is 36.6. The molecule has 9 atom stereocenters. The van der Waals surface area contributed by atoms with E-state index in [4.69, 9.17) is 9.47 Å². The molecule has 1 heterocycles. The largest absolute Gasteiger partial charge is 0.394 e. The molecule has 1 amide bonds. The van der Waals surface area contributed by atoms with Gasteiger partial charge in [0.1, 0.15) is 36.6 Å². The molecule has 1 fully saturated rings. The van der Waals surface area contributed by atoms with Crippen molar-refractivity contribution < 1.29 is 50.0 Å². The minimum Gasteiger partial charge on any atom is -0.394 e. The number of hydrogen-bond donors (Lipinski definition) is 8. The van der Waals surface area contributed by atoms with Crippen LogP contribution in [0.15, 0.2) is 36.5 Å². The molecule has 0 radical (unpaired) electrons. The van der Waals surface area contributed by atoms with Crippen LogP contribution in [-0.4, -0.2) is 110 Å². The number of carbonyl (C=O) groups is 1. The first kappa shape index (κ1) is 56.3. The molecule has 0 spiro atoms. The molecule has 0 bridgehead atoms. The predicted molar refractivity (Wildman–Crippen MR) is 242 cm³/mol. The zero-order valence-electron chi connectivity index (χ0n) is 37.9. The van der Waals surface area contributed by atoms with Gasteiger partial charge in [0.2, 0.25) is 5.91 Å². The molecule has 0 aliphatic carbocycles. The molecule has 352 valence electrons. The van der Waals surface area contributed by atoms with E-state index < -0.39 is 74.2 Å². The van der Waals surface area contributed by atoms with Crippen LogP contribution < -0.4 is 5.32 Å². The lowest BCUT2D eigenvalue weighted by molar-refractivity contribution is -0.303. The van der Waals surface area contributed by atoms with Crippen LogP contribution in [-0.2, 0) is 14.3 Å². The zero-order valence-corrected chi connectivity index (χ0v) is 37.9. The predicted octanol–water partition coefficient (Wildman–Crippen LogP) is 8.39. The SMILES string of the molecule is CCCCCC/C=C/CCCC(O)C(O)C(COC1OC(CO)C(O)C(O)C1O)NC(=O)C(O)CCCCCCCCCC/C=C\C/C=C\CCCCCCCCCCC. The van der Waals surface area contributed by atoms with Crippen LogP contribution in [0.25, 0.3) is 0 Å². The third-order valence-electron chi connectivity index (χ3n) is 11.7. The standard InChI is InChI=1S/C49H91NO10/c1-3-5-7-9-11-13-14-15-16-17-18-19-20-21-22-23-24-25-26-27-29-31-33-35-37-42(53)48(58)50-40(39-59-49-47(57)46(56)45(55)43(38-51)60-49)44(54)41(52)36-34-32-30-28-12-10-8-6-4-2/h18-19,21-22,28,30,40-47,49,51-57H,3-17,20,23-27,29,31-39H2,1-2H3,(H,50,58)/b19-18-,22-21-,30-28+. The summed E-state index contributed by atoms with van der Waals surface area (Å²) in [6, 6.07) is -1.19. The lowest BCUT2D eigenvalue weighted by Gasteiger charge is -2.40. The van der Waals surface area contributed by atoms with Gasteiger partial charge in [-0.15, -0.1) is 0 Å². The lowest BCUT2D eigenvalue weighted by atomic mass is 9.98. The van der Waals surface area contributed by atoms with E-state index in [9.17, 15) is 40.5 Å². The van der Waals surface area contributed by atoms with Gasteiger partial charge < -0.3 is 50.5 Å². The molecule has 0 aromatic carbocycles. The Labute approximate surface area is 365 Å². The summed E-state index contributed by atoms with van der Waals surface area (Å²) in [4.78, 5) is 13.1. The summed E-state index contributed by atoms with van der Waals surface area (Å²) in [5.74, 6) is -0.714. The Morgan fingerprint density at radius 2 is 1.03 bits per heavy atom. The van der Waals surface area contributed by atoms with Gasteiger partial charge in [0, 0.05) is 0 Å². The average molecular weight is 854 g/mol. The van der Waals surface area contributed by atoms with E-state index in [1.54, 1.807) is 0 Å². The van der Waals surface area contributed by atoms with Crippen molar-refractivity contribution in [3.05, 3.63) is 36.5 Å². The number of hydrogen-bond acceptors (Lipinski definition) is 10. The summed E-state index contributed by atoms with van der Waals surface area (Å²) >= 11 is 0. The second kappa shape index (κ2) is 39.0. The lowest BCUT2D eigenvalue weighted by Crippen LogP contribution is -2.60. The summed E-state index contributed by atoms with van der Waals surface area (Å²) < 4.78 is 11.0. The minimum absolute atomic E-state index is 0.246. The van der Waals surface area contributed by atoms with Gasteiger partial charge in [0.25, 0.3) is 0 Å². The van der Waals surface area contributed by atoms with E-state index in [2.05, 4.69) is 55.6 Å². The molecule has 1 rings (SSSR count). The molecule has 8 N–H and O–H groups in total. The van der Waals surface area contributed by atoms with E-state index in [0.717, 1.165) is 51.4 Å². The highest BCUT2D eigenvalue weighted by molar-refractivity contribution is 5.80. The summed E-state index contributed by atoms with van der Waals surface area (Å²) in [6.45, 7) is 3.37. The summed E-state index contributed by atoms with van der Waals surface area (Å²) in [6.07, 6.45) is 33.6. The van der Waals surface area contributed by atoms with Crippen molar-refractivity contribution in [3.8, 4) is 0 Å². The number of aliphatic hydroxyl groups excluding tert-OH is 7. The number of amides is 1. The number of rotatable bonds is 40. The maximum atomic E-state index is 13.1. The Balaban J connectivity index is 2.34. The van der Waals surface area contributed by atoms with Crippen LogP contribution in [0.3, 0.4) is 0 Å². The fourth-order valence-corrected chi connectivity index (χ4v) is 7.59. The van der Waals surface area contributed by atoms with E-state index in [-0.39, 0.29) is 12.8 Å². The number of carbonyl (C=O) groups excluding carboxylic acids is 1. The van der Waals surface area contributed by atoms with Gasteiger partial charge in [-0.1, -0.05) is 166 Å². The van der Waals surface area contributed by atoms with Crippen LogP contribution in [0, 0.1) is 0 Å². The zero-order chi connectivity index (χ0) is 44.1. The molecule has 0 aromatic heterocycles. The quantitative estimate of drug-likeness (QED) is 0.0220. The highest BCUT2D eigenvalue weighted by Crippen LogP contribution is 2.23. The molecule has 1 aliphatic heterocycles. The highest BCUT2D eigenvalue weighted by Gasteiger charge is 2.44. The van der Waals surface area contributed by atoms with Crippen molar-refractivity contribution in [2.24, 2.45) is 0 Å². The number of nitrogens with one attached hydrogen (secondary N) is 1. The van der Waals surface area contributed by atoms with Gasteiger partial charge >= 0.3 is 0 Å². The average Bonchev–Trinajstić information content (AvgIpc) is 3.25. The van der Waals surface area contributed by atoms with Crippen molar-refractivity contribution in [2.45, 2.75) is 255 Å². The molecular weight excluding hydrogens is 763 g/mol. The van der Waals surface area contributed by atoms with Crippen molar-refractivity contribution in [1.82, 2.24) is 5.32 Å². The Morgan fingerprint density at radius 1 is 0.583 bits per heavy atom. The maximum Gasteiger partial charge on any atom is 0.249 e. The van der Waals surface area contributed by atoms with E-state index in [1.165, 1.54) is 109 Å². The second-order valence-corrected chi connectivity index (χ2v) is 17.2. The molecule has 0 aromatic rings. The summed E-state index contributed by atoms with van der Waals surface area (Å²) in [7, 11) is 0. The van der Waals surface area contributed by atoms with Gasteiger partial charge in [0.15, 0.2) is 6.29 Å². The molecule has 60 heavy (non-hydrogen) atoms. The minimum atomic E-state index is -1.67. The fraction of sp³-hybridized carbons (Fsp3) is 0.857. The molecule has 1 saturated heterocycles. The Bertz CT molecular complexity index is 1070. The van der Waals surface area contributed by atoms with Crippen molar-refractivity contribution in [1.29, 1.82) is 0 Å². The van der Waals surface area contributed by atoms with Crippen LogP contribution in [0.2, 0.25) is 0 Å². The first-order valence-corrected chi connectivity index (χ1v) is 24.4. The molecule has 11 heteroatoms. The van der Waals surface area contributed by atoms with Crippen molar-refractivity contribution in [2.75, 3.05) is 13.2 Å². The normalized spacial score (nSPS) is 21.9. The molecule has 11 nitrogen and oxygen atoms in total. The van der Waals surface area contributed by atoms with Gasteiger partial charge in [0.05, 0.1) is 25.4 Å². The number of aliphatic hydroxyl groups is 7. The van der Waals surface area contributed by atoms with E-state index in [0.29, 0.717) is 12.8 Å². The topological polar surface area (TPSA) is 189 Å². The summed E-state index contributed by atoms with van der Waals surface area (Å²) in [5.41, 5.74) is 0. The molecule has 9 unspecified atom stereocenters. The maximum absolute atomic E-state index is 13.1. The van der Waals surface area contributed by atoms with Gasteiger partial charge in [-0.25, -0.2) is 0 Å². The third kappa shape index (κ3) is 28.1. The van der Waals surface area contributed by atoms with Crippen LogP contribution in [0.1, 0.15) is 200 Å². The first-order valence-electron chi connectivity index (χ1n) is 24.4. The first-order chi connectivity index (χ1) is 29.2. The summed E-state index contributed by atoms with van der Waals surface area (Å²) in [5, 5.41) is 75.5. The Hall–Kier alpha value is -1.67. The Morgan fingerprint density at radius 3 is 1.55 bits per heavy atom. The van der Waals surface area contributed by atoms with Gasteiger partial charge in [-0.05, 0) is 70.6 Å². The van der Waals surface area contributed by atoms with Crippen LogP contribution in [0.4, 0.5) is 0 Å².